The lowest BCUT2D eigenvalue weighted by atomic mass is 10.1. The summed E-state index contributed by atoms with van der Waals surface area (Å²) < 4.78 is 152. The van der Waals surface area contributed by atoms with E-state index in [-0.39, 0.29) is 36.4 Å². The first-order valence-electron chi connectivity index (χ1n) is 6.96. The first-order valence-corrected chi connectivity index (χ1v) is 9.93. The van der Waals surface area contributed by atoms with Crippen LogP contribution in [-0.4, -0.2) is 16.8 Å². The van der Waals surface area contributed by atoms with Crippen molar-refractivity contribution in [3.63, 3.8) is 0 Å². The van der Waals surface area contributed by atoms with Crippen molar-refractivity contribution in [1.82, 2.24) is 4.13 Å². The number of nitrogens with one attached hydrogen (secondary N) is 1. The molecule has 0 aliphatic heterocycles. The Labute approximate surface area is 158 Å². The molecule has 0 unspecified atom stereocenters. The molecule has 2 aromatic rings. The molecule has 5 nitrogen and oxygen atoms in total. The summed E-state index contributed by atoms with van der Waals surface area (Å²) in [5, 5.41) is 0. The monoisotopic (exact) mass is 469 g/mol. The summed E-state index contributed by atoms with van der Waals surface area (Å²) in [7, 11) is -10.8. The highest BCUT2D eigenvalue weighted by molar-refractivity contribution is 8.04. The van der Waals surface area contributed by atoms with Crippen LogP contribution in [0, 0.1) is 11.6 Å². The first-order chi connectivity index (χ1) is 12.9. The van der Waals surface area contributed by atoms with Crippen molar-refractivity contribution in [2.45, 2.75) is 22.1 Å². The number of alkyl halides is 6. The van der Waals surface area contributed by atoms with Gasteiger partial charge in [-0.25, -0.2) is 25.6 Å². The van der Waals surface area contributed by atoms with Crippen LogP contribution in [-0.2, 0) is 32.4 Å². The summed E-state index contributed by atoms with van der Waals surface area (Å²) in [6.45, 7) is 0. The van der Waals surface area contributed by atoms with E-state index in [9.17, 15) is 52.0 Å². The minimum absolute atomic E-state index is 0.189. The van der Waals surface area contributed by atoms with E-state index in [0.29, 0.717) is 0 Å². The van der Waals surface area contributed by atoms with Gasteiger partial charge in [0.15, 0.2) is 0 Å². The van der Waals surface area contributed by atoms with Gasteiger partial charge in [0.1, 0.15) is 11.6 Å². The molecule has 0 spiro atoms. The lowest BCUT2D eigenvalue weighted by Gasteiger charge is -2.15. The zero-order valence-electron chi connectivity index (χ0n) is 13.4. The molecule has 29 heavy (non-hydrogen) atoms. The molecule has 2 aromatic carbocycles. The van der Waals surface area contributed by atoms with Crippen molar-refractivity contribution in [3.05, 3.63) is 59.2 Å². The van der Waals surface area contributed by atoms with Gasteiger partial charge in [-0.05, 0) is 30.3 Å². The number of hydrogen-bond donors (Lipinski definition) is 1. The van der Waals surface area contributed by atoms with E-state index in [4.69, 9.17) is 0 Å². The van der Waals surface area contributed by atoms with Crippen LogP contribution in [0.2, 0.25) is 0 Å². The predicted molar refractivity (Wildman–Crippen MR) is 80.3 cm³/mol. The SMILES string of the molecule is O=S(=O)(NS(=O)(=O)c1cc(C(F)(F)F)cc(C(F)(F)F)c1)c1cc(F)cc(F)c1. The standard InChI is InChI=1S/C14H7F8NO4S2/c15-9-4-10(16)6-12(5-9)29(26,27)23-28(24,25)11-2-7(13(17,18)19)1-8(3-11)14(20,21)22/h1-6,23H. The molecular formula is C14H7F8NO4S2. The largest absolute Gasteiger partial charge is 0.416 e. The maximum Gasteiger partial charge on any atom is 0.416 e. The van der Waals surface area contributed by atoms with Gasteiger partial charge in [-0.1, -0.05) is 0 Å². The molecule has 0 amide bonds. The van der Waals surface area contributed by atoms with E-state index < -0.39 is 65.0 Å². The minimum atomic E-state index is -5.54. The molecule has 0 radical (unpaired) electrons. The molecule has 160 valence electrons. The Morgan fingerprint density at radius 3 is 1.28 bits per heavy atom. The van der Waals surface area contributed by atoms with Crippen LogP contribution in [0.15, 0.2) is 46.2 Å². The average molecular weight is 469 g/mol. The highest BCUT2D eigenvalue weighted by Gasteiger charge is 2.39. The third kappa shape index (κ3) is 5.42. The summed E-state index contributed by atoms with van der Waals surface area (Å²) in [6.07, 6.45) is -10.8. The highest BCUT2D eigenvalue weighted by atomic mass is 32.3. The molecule has 0 saturated carbocycles. The summed E-state index contributed by atoms with van der Waals surface area (Å²) in [4.78, 5) is -2.94. The van der Waals surface area contributed by atoms with Gasteiger partial charge in [-0.15, -0.1) is 4.13 Å². The van der Waals surface area contributed by atoms with Gasteiger partial charge in [0.05, 0.1) is 20.9 Å². The first kappa shape index (κ1) is 23.0. The van der Waals surface area contributed by atoms with E-state index in [1.807, 2.05) is 0 Å². The topological polar surface area (TPSA) is 80.3 Å². The van der Waals surface area contributed by atoms with Crippen molar-refractivity contribution in [1.29, 1.82) is 0 Å². The molecule has 1 N–H and O–H groups in total. The van der Waals surface area contributed by atoms with Crippen LogP contribution < -0.4 is 4.13 Å². The smallest absolute Gasteiger partial charge is 0.207 e. The lowest BCUT2D eigenvalue weighted by molar-refractivity contribution is -0.143. The highest BCUT2D eigenvalue weighted by Crippen LogP contribution is 2.37. The molecule has 0 aliphatic rings. The fraction of sp³-hybridized carbons (Fsp3) is 0.143. The van der Waals surface area contributed by atoms with Gasteiger partial charge in [0.25, 0.3) is 20.0 Å². The predicted octanol–water partition coefficient (Wildman–Crippen LogP) is 3.67. The third-order valence-electron chi connectivity index (χ3n) is 3.24. The maximum absolute atomic E-state index is 13.2. The van der Waals surface area contributed by atoms with Gasteiger partial charge in [0, 0.05) is 6.07 Å². The van der Waals surface area contributed by atoms with Crippen LogP contribution in [0.5, 0.6) is 0 Å². The van der Waals surface area contributed by atoms with E-state index in [0.717, 1.165) is 4.13 Å². The third-order valence-corrected chi connectivity index (χ3v) is 6.71. The van der Waals surface area contributed by atoms with E-state index in [2.05, 4.69) is 0 Å². The maximum atomic E-state index is 13.2. The minimum Gasteiger partial charge on any atom is -0.207 e. The molecule has 2 rings (SSSR count). The number of benzene rings is 2. The van der Waals surface area contributed by atoms with Crippen molar-refractivity contribution in [2.75, 3.05) is 0 Å². The van der Waals surface area contributed by atoms with Gasteiger partial charge in [-0.3, -0.25) is 0 Å². The van der Waals surface area contributed by atoms with Crippen LogP contribution in [0.3, 0.4) is 0 Å². The Balaban J connectivity index is 2.60. The second-order valence-electron chi connectivity index (χ2n) is 5.44. The molecular weight excluding hydrogens is 462 g/mol. The zero-order valence-corrected chi connectivity index (χ0v) is 15.1. The molecule has 0 atom stereocenters. The Hall–Kier alpha value is -2.26. The van der Waals surface area contributed by atoms with Gasteiger partial charge < -0.3 is 0 Å². The molecule has 0 heterocycles. The zero-order chi connectivity index (χ0) is 22.4. The molecule has 0 aliphatic carbocycles. The molecule has 0 aromatic heterocycles. The van der Waals surface area contributed by atoms with Gasteiger partial charge in [-0.2, -0.15) is 26.3 Å². The summed E-state index contributed by atoms with van der Waals surface area (Å²) in [6, 6.07) is -0.188. The normalized spacial score (nSPS) is 13.5. The van der Waals surface area contributed by atoms with E-state index in [1.54, 1.807) is 0 Å². The number of hydrogen-bond acceptors (Lipinski definition) is 4. The van der Waals surface area contributed by atoms with E-state index >= 15 is 0 Å². The second-order valence-corrected chi connectivity index (χ2v) is 9.06. The van der Waals surface area contributed by atoms with Crippen molar-refractivity contribution >= 4 is 20.0 Å². The van der Waals surface area contributed by atoms with Crippen LogP contribution in [0.1, 0.15) is 11.1 Å². The lowest BCUT2D eigenvalue weighted by Crippen LogP contribution is -2.31. The Morgan fingerprint density at radius 1 is 0.586 bits per heavy atom. The quantitative estimate of drug-likeness (QED) is 0.694. The average Bonchev–Trinajstić information content (AvgIpc) is 2.51. The van der Waals surface area contributed by atoms with Crippen molar-refractivity contribution in [3.8, 4) is 0 Å². The van der Waals surface area contributed by atoms with Crippen LogP contribution in [0.4, 0.5) is 35.1 Å². The van der Waals surface area contributed by atoms with Crippen molar-refractivity contribution in [2.24, 2.45) is 0 Å². The van der Waals surface area contributed by atoms with Crippen LogP contribution in [0.25, 0.3) is 0 Å². The molecule has 0 bridgehead atoms. The molecule has 15 heteroatoms. The van der Waals surface area contributed by atoms with E-state index in [1.165, 1.54) is 0 Å². The second kappa shape index (κ2) is 7.21. The number of rotatable bonds is 4. The summed E-state index contributed by atoms with van der Waals surface area (Å²) >= 11 is 0. The van der Waals surface area contributed by atoms with Gasteiger partial charge in [0.2, 0.25) is 0 Å². The number of sulfonamides is 2. The van der Waals surface area contributed by atoms with Crippen LogP contribution >= 0.6 is 0 Å². The Kier molecular flexibility index (Phi) is 5.73. The fourth-order valence-corrected chi connectivity index (χ4v) is 5.03. The summed E-state index contributed by atoms with van der Waals surface area (Å²) in [5.74, 6) is -2.86. The molecule has 0 saturated heterocycles. The Morgan fingerprint density at radius 2 is 0.931 bits per heavy atom. The summed E-state index contributed by atoms with van der Waals surface area (Å²) in [5.41, 5.74) is -4.02. The van der Waals surface area contributed by atoms with Gasteiger partial charge >= 0.3 is 12.4 Å². The fourth-order valence-electron chi connectivity index (χ4n) is 2.01. The Bertz CT molecular complexity index is 1100. The molecule has 0 fully saturated rings. The van der Waals surface area contributed by atoms with Crippen molar-refractivity contribution < 1.29 is 52.0 Å². The number of halogens is 8.